The minimum absolute atomic E-state index is 0.00890. The molecule has 0 aromatic heterocycles. The van der Waals surface area contributed by atoms with E-state index in [2.05, 4.69) is 0 Å². The quantitative estimate of drug-likeness (QED) is 0.828. The van der Waals surface area contributed by atoms with Crippen molar-refractivity contribution in [1.29, 1.82) is 5.26 Å². The van der Waals surface area contributed by atoms with E-state index in [-0.39, 0.29) is 12.2 Å². The Labute approximate surface area is 95.0 Å². The van der Waals surface area contributed by atoms with Crippen molar-refractivity contribution in [3.63, 3.8) is 0 Å². The van der Waals surface area contributed by atoms with E-state index < -0.39 is 0 Å². The van der Waals surface area contributed by atoms with Gasteiger partial charge in [-0.2, -0.15) is 5.26 Å². The normalized spacial score (nSPS) is 9.56. The number of hydrogen-bond donors (Lipinski definition) is 1. The molecule has 0 saturated carbocycles. The predicted octanol–water partition coefficient (Wildman–Crippen LogP) is 2.26. The zero-order valence-electron chi connectivity index (χ0n) is 9.49. The third-order valence-electron chi connectivity index (χ3n) is 1.98. The Balaban J connectivity index is 3.11. The molecule has 0 aliphatic carbocycles. The van der Waals surface area contributed by atoms with Crippen molar-refractivity contribution >= 4 is 0 Å². The topological polar surface area (TPSA) is 62.5 Å². The van der Waals surface area contributed by atoms with Crippen molar-refractivity contribution in [2.45, 2.75) is 20.3 Å². The van der Waals surface area contributed by atoms with Crippen LogP contribution < -0.4 is 9.47 Å². The van der Waals surface area contributed by atoms with Gasteiger partial charge in [0.05, 0.1) is 25.7 Å². The highest BCUT2D eigenvalue weighted by Crippen LogP contribution is 2.37. The van der Waals surface area contributed by atoms with E-state index in [1.807, 2.05) is 19.9 Å². The predicted molar refractivity (Wildman–Crippen MR) is 59.8 cm³/mol. The van der Waals surface area contributed by atoms with E-state index in [4.69, 9.17) is 14.7 Å². The molecular formula is C12H15NO3. The highest BCUT2D eigenvalue weighted by Gasteiger charge is 2.11. The molecule has 0 saturated heterocycles. The molecule has 4 heteroatoms. The lowest BCUT2D eigenvalue weighted by molar-refractivity contribution is 0.289. The Morgan fingerprint density at radius 3 is 2.06 bits per heavy atom. The maximum atomic E-state index is 9.81. The standard InChI is InChI=1S/C12H15NO3/c1-3-15-10-7-9(5-6-13)8-11(12(10)14)16-4-2/h7-8,14H,3-5H2,1-2H3. The fourth-order valence-electron chi connectivity index (χ4n) is 1.36. The van der Waals surface area contributed by atoms with Gasteiger partial charge in [-0.3, -0.25) is 0 Å². The van der Waals surface area contributed by atoms with Gasteiger partial charge >= 0.3 is 0 Å². The van der Waals surface area contributed by atoms with Crippen LogP contribution in [0.1, 0.15) is 19.4 Å². The van der Waals surface area contributed by atoms with Crippen LogP contribution in [-0.2, 0) is 6.42 Å². The van der Waals surface area contributed by atoms with Gasteiger partial charge in [0.2, 0.25) is 5.75 Å². The first-order valence-electron chi connectivity index (χ1n) is 5.21. The summed E-state index contributed by atoms with van der Waals surface area (Å²) in [6.45, 7) is 4.57. The largest absolute Gasteiger partial charge is 0.502 e. The smallest absolute Gasteiger partial charge is 0.200 e. The number of aromatic hydroxyl groups is 1. The molecule has 0 spiro atoms. The molecule has 0 heterocycles. The summed E-state index contributed by atoms with van der Waals surface area (Å²) in [6.07, 6.45) is 0.264. The summed E-state index contributed by atoms with van der Waals surface area (Å²) in [5.74, 6) is 0.711. The molecule has 0 unspecified atom stereocenters. The number of ether oxygens (including phenoxy) is 2. The molecule has 0 radical (unpaired) electrons. The van der Waals surface area contributed by atoms with Gasteiger partial charge in [0.1, 0.15) is 0 Å². The van der Waals surface area contributed by atoms with Gasteiger partial charge in [-0.1, -0.05) is 0 Å². The minimum atomic E-state index is -0.00890. The second-order valence-electron chi connectivity index (χ2n) is 3.14. The van der Waals surface area contributed by atoms with Gasteiger partial charge in [0, 0.05) is 0 Å². The maximum Gasteiger partial charge on any atom is 0.200 e. The van der Waals surface area contributed by atoms with Gasteiger partial charge in [-0.15, -0.1) is 0 Å². The van der Waals surface area contributed by atoms with Crippen LogP contribution in [0.3, 0.4) is 0 Å². The average Bonchev–Trinajstić information content (AvgIpc) is 2.26. The van der Waals surface area contributed by atoms with Gasteiger partial charge in [0.15, 0.2) is 11.5 Å². The molecule has 1 aromatic carbocycles. The molecule has 1 rings (SSSR count). The summed E-state index contributed by atoms with van der Waals surface area (Å²) < 4.78 is 10.5. The highest BCUT2D eigenvalue weighted by atomic mass is 16.5. The van der Waals surface area contributed by atoms with Gasteiger partial charge in [-0.05, 0) is 31.5 Å². The molecule has 0 aliphatic rings. The molecule has 4 nitrogen and oxygen atoms in total. The van der Waals surface area contributed by atoms with Gasteiger partial charge < -0.3 is 14.6 Å². The highest BCUT2D eigenvalue weighted by molar-refractivity contribution is 5.53. The van der Waals surface area contributed by atoms with Crippen LogP contribution in [0.25, 0.3) is 0 Å². The van der Waals surface area contributed by atoms with E-state index in [9.17, 15) is 5.11 Å². The lowest BCUT2D eigenvalue weighted by Gasteiger charge is -2.12. The lowest BCUT2D eigenvalue weighted by Crippen LogP contribution is -1.98. The third-order valence-corrected chi connectivity index (χ3v) is 1.98. The molecule has 0 fully saturated rings. The zero-order valence-corrected chi connectivity index (χ0v) is 9.49. The first kappa shape index (κ1) is 12.2. The van der Waals surface area contributed by atoms with E-state index in [1.165, 1.54) is 0 Å². The molecule has 16 heavy (non-hydrogen) atoms. The van der Waals surface area contributed by atoms with Crippen LogP contribution in [0.15, 0.2) is 12.1 Å². The maximum absolute atomic E-state index is 9.81. The molecule has 0 aliphatic heterocycles. The second-order valence-corrected chi connectivity index (χ2v) is 3.14. The number of rotatable bonds is 5. The number of nitrogens with zero attached hydrogens (tertiary/aromatic N) is 1. The van der Waals surface area contributed by atoms with E-state index in [0.717, 1.165) is 5.56 Å². The summed E-state index contributed by atoms with van der Waals surface area (Å²) in [4.78, 5) is 0. The van der Waals surface area contributed by atoms with Crippen molar-refractivity contribution in [3.05, 3.63) is 17.7 Å². The molecule has 0 bridgehead atoms. The molecular weight excluding hydrogens is 206 g/mol. The van der Waals surface area contributed by atoms with Crippen LogP contribution in [-0.4, -0.2) is 18.3 Å². The minimum Gasteiger partial charge on any atom is -0.502 e. The van der Waals surface area contributed by atoms with Gasteiger partial charge in [-0.25, -0.2) is 0 Å². The lowest BCUT2D eigenvalue weighted by atomic mass is 10.1. The van der Waals surface area contributed by atoms with Gasteiger partial charge in [0.25, 0.3) is 0 Å². The van der Waals surface area contributed by atoms with Crippen molar-refractivity contribution < 1.29 is 14.6 Å². The van der Waals surface area contributed by atoms with E-state index in [1.54, 1.807) is 12.1 Å². The molecule has 0 atom stereocenters. The van der Waals surface area contributed by atoms with Crippen molar-refractivity contribution in [2.24, 2.45) is 0 Å². The Bertz CT molecular complexity index is 369. The van der Waals surface area contributed by atoms with Crippen LogP contribution in [0, 0.1) is 11.3 Å². The Morgan fingerprint density at radius 1 is 1.19 bits per heavy atom. The first-order chi connectivity index (χ1) is 7.72. The summed E-state index contributed by atoms with van der Waals surface area (Å²) in [6, 6.07) is 5.36. The van der Waals surface area contributed by atoms with Crippen molar-refractivity contribution in [2.75, 3.05) is 13.2 Å². The second kappa shape index (κ2) is 5.86. The number of hydrogen-bond acceptors (Lipinski definition) is 4. The Hall–Kier alpha value is -1.89. The van der Waals surface area contributed by atoms with Crippen LogP contribution in [0.5, 0.6) is 17.2 Å². The summed E-state index contributed by atoms with van der Waals surface area (Å²) in [5, 5.41) is 18.4. The Morgan fingerprint density at radius 2 is 1.69 bits per heavy atom. The SMILES string of the molecule is CCOc1cc(CC#N)cc(OCC)c1O. The molecule has 1 aromatic rings. The molecule has 1 N–H and O–H groups in total. The number of benzene rings is 1. The summed E-state index contributed by atoms with van der Waals surface area (Å²) in [7, 11) is 0. The summed E-state index contributed by atoms with van der Waals surface area (Å²) >= 11 is 0. The Kier molecular flexibility index (Phi) is 4.46. The van der Waals surface area contributed by atoms with E-state index >= 15 is 0 Å². The molecule has 0 amide bonds. The van der Waals surface area contributed by atoms with Crippen molar-refractivity contribution in [3.8, 4) is 23.3 Å². The fourth-order valence-corrected chi connectivity index (χ4v) is 1.36. The monoisotopic (exact) mass is 221 g/mol. The van der Waals surface area contributed by atoms with Crippen molar-refractivity contribution in [1.82, 2.24) is 0 Å². The number of phenols is 1. The van der Waals surface area contributed by atoms with E-state index in [0.29, 0.717) is 24.7 Å². The van der Waals surface area contributed by atoms with Crippen LogP contribution >= 0.6 is 0 Å². The average molecular weight is 221 g/mol. The summed E-state index contributed by atoms with van der Waals surface area (Å²) in [5.41, 5.74) is 0.771. The first-order valence-corrected chi connectivity index (χ1v) is 5.21. The number of phenolic OH excluding ortho intramolecular Hbond substituents is 1. The number of nitriles is 1. The third kappa shape index (κ3) is 2.80. The zero-order chi connectivity index (χ0) is 12.0. The van der Waals surface area contributed by atoms with Crippen LogP contribution in [0.2, 0.25) is 0 Å². The van der Waals surface area contributed by atoms with Crippen LogP contribution in [0.4, 0.5) is 0 Å². The fraction of sp³-hybridized carbons (Fsp3) is 0.417. The molecule has 86 valence electrons.